The molecule has 1 aliphatic heterocycles. The highest BCUT2D eigenvalue weighted by Gasteiger charge is 2.23. The number of carbonyl (C=O) groups is 1. The zero-order valence-corrected chi connectivity index (χ0v) is 9.80. The monoisotopic (exact) mass is 220 g/mol. The second-order valence-electron chi connectivity index (χ2n) is 4.66. The van der Waals surface area contributed by atoms with Crippen LogP contribution in [-0.4, -0.2) is 17.2 Å². The van der Waals surface area contributed by atoms with Gasteiger partial charge in [0, 0.05) is 11.6 Å². The Balaban J connectivity index is 2.77. The highest BCUT2D eigenvalue weighted by Crippen LogP contribution is 2.19. The van der Waals surface area contributed by atoms with Crippen LogP contribution < -0.4 is 0 Å². The summed E-state index contributed by atoms with van der Waals surface area (Å²) in [4.78, 5) is 23.8. The van der Waals surface area contributed by atoms with Crippen molar-refractivity contribution in [3.05, 3.63) is 41.2 Å². The molecule has 0 aliphatic carbocycles. The van der Waals surface area contributed by atoms with E-state index in [0.717, 1.165) is 0 Å². The average Bonchev–Trinajstić information content (AvgIpc) is 2.20. The summed E-state index contributed by atoms with van der Waals surface area (Å²) in [7, 11) is 0. The predicted molar refractivity (Wildman–Crippen MR) is 63.3 cm³/mol. The Morgan fingerprint density at radius 2 is 2.12 bits per heavy atom. The van der Waals surface area contributed by atoms with Crippen LogP contribution in [0.15, 0.2) is 41.5 Å². The van der Waals surface area contributed by atoms with Gasteiger partial charge in [-0.3, -0.25) is 4.79 Å². The van der Waals surface area contributed by atoms with Gasteiger partial charge >= 0.3 is 0 Å². The minimum atomic E-state index is -0.380. The Kier molecular flexibility index (Phi) is 3.77. The lowest BCUT2D eigenvalue weighted by atomic mass is 9.90. The summed E-state index contributed by atoms with van der Waals surface area (Å²) in [6, 6.07) is 0. The molecule has 1 heterocycles. The number of ketones is 1. The summed E-state index contributed by atoms with van der Waals surface area (Å²) in [6.07, 6.45) is 8.33. The first-order valence-electron chi connectivity index (χ1n) is 5.12. The number of nitrogens with zero attached hydrogens (tertiary/aromatic N) is 2. The highest BCUT2D eigenvalue weighted by molar-refractivity contribution is 5.85. The molecule has 0 aromatic heterocycles. The van der Waals surface area contributed by atoms with Crippen LogP contribution in [0.3, 0.4) is 0 Å². The Morgan fingerprint density at radius 3 is 2.69 bits per heavy atom. The number of rotatable bonds is 3. The van der Waals surface area contributed by atoms with Crippen molar-refractivity contribution in [3.63, 3.8) is 0 Å². The SMILES string of the molecule is CC(C)(C)C(=O)CN1C=CC=CC1=CN=O. The van der Waals surface area contributed by atoms with Gasteiger partial charge in [0.15, 0.2) is 5.78 Å². The number of carbonyl (C=O) groups excluding carboxylic acids is 1. The summed E-state index contributed by atoms with van der Waals surface area (Å²) in [5.74, 6) is 0.115. The Morgan fingerprint density at radius 1 is 1.44 bits per heavy atom. The summed E-state index contributed by atoms with van der Waals surface area (Å²) in [6.45, 7) is 5.88. The molecule has 0 aromatic rings. The number of Topliss-reactive ketones (excluding diaryl/α,β-unsaturated/α-hetero) is 1. The van der Waals surface area contributed by atoms with E-state index in [4.69, 9.17) is 0 Å². The van der Waals surface area contributed by atoms with Crippen LogP contribution in [0.5, 0.6) is 0 Å². The van der Waals surface area contributed by atoms with Crippen molar-refractivity contribution in [2.24, 2.45) is 10.6 Å². The summed E-state index contributed by atoms with van der Waals surface area (Å²) >= 11 is 0. The third-order valence-electron chi connectivity index (χ3n) is 2.31. The topological polar surface area (TPSA) is 49.7 Å². The van der Waals surface area contributed by atoms with E-state index in [1.165, 1.54) is 6.20 Å². The highest BCUT2D eigenvalue weighted by atomic mass is 16.2. The smallest absolute Gasteiger partial charge is 0.157 e. The first kappa shape index (κ1) is 12.4. The zero-order chi connectivity index (χ0) is 12.2. The molecule has 0 fully saturated rings. The first-order valence-corrected chi connectivity index (χ1v) is 5.12. The van der Waals surface area contributed by atoms with Crippen LogP contribution in [0, 0.1) is 10.3 Å². The summed E-state index contributed by atoms with van der Waals surface area (Å²) in [5, 5.41) is 2.73. The molecule has 4 nitrogen and oxygen atoms in total. The lowest BCUT2D eigenvalue weighted by molar-refractivity contribution is -0.126. The minimum Gasteiger partial charge on any atom is -0.339 e. The number of allylic oxidation sites excluding steroid dienone is 3. The van der Waals surface area contributed by atoms with E-state index < -0.39 is 0 Å². The summed E-state index contributed by atoms with van der Waals surface area (Å²) in [5.41, 5.74) is 0.254. The van der Waals surface area contributed by atoms with Gasteiger partial charge in [-0.25, -0.2) is 0 Å². The molecule has 0 aromatic carbocycles. The molecule has 0 spiro atoms. The molecule has 1 aliphatic rings. The molecule has 0 N–H and O–H groups in total. The first-order chi connectivity index (χ1) is 7.45. The van der Waals surface area contributed by atoms with Crippen molar-refractivity contribution in [1.29, 1.82) is 0 Å². The Hall–Kier alpha value is -1.71. The van der Waals surface area contributed by atoms with Gasteiger partial charge in [-0.15, -0.1) is 4.91 Å². The van der Waals surface area contributed by atoms with Crippen molar-refractivity contribution in [1.82, 2.24) is 4.90 Å². The Labute approximate surface area is 95.3 Å². The van der Waals surface area contributed by atoms with E-state index in [9.17, 15) is 9.70 Å². The van der Waals surface area contributed by atoms with Crippen LogP contribution in [0.2, 0.25) is 0 Å². The maximum absolute atomic E-state index is 11.8. The van der Waals surface area contributed by atoms with Gasteiger partial charge < -0.3 is 4.90 Å². The van der Waals surface area contributed by atoms with E-state index in [1.807, 2.05) is 26.8 Å². The van der Waals surface area contributed by atoms with E-state index >= 15 is 0 Å². The molecular formula is C12H16N2O2. The molecule has 0 saturated heterocycles. The predicted octanol–water partition coefficient (Wildman–Crippen LogP) is 2.59. The van der Waals surface area contributed by atoms with Crippen molar-refractivity contribution >= 4 is 5.78 Å². The fourth-order valence-corrected chi connectivity index (χ4v) is 1.20. The average molecular weight is 220 g/mol. The van der Waals surface area contributed by atoms with Crippen molar-refractivity contribution in [3.8, 4) is 0 Å². The fourth-order valence-electron chi connectivity index (χ4n) is 1.20. The normalized spacial score (nSPS) is 17.9. The Bertz CT molecular complexity index is 373. The van der Waals surface area contributed by atoms with Gasteiger partial charge in [-0.2, -0.15) is 0 Å². The van der Waals surface area contributed by atoms with E-state index in [0.29, 0.717) is 5.70 Å². The van der Waals surface area contributed by atoms with E-state index in [1.54, 1.807) is 23.3 Å². The maximum Gasteiger partial charge on any atom is 0.157 e. The largest absolute Gasteiger partial charge is 0.339 e. The number of hydrogen-bond donors (Lipinski definition) is 0. The summed E-state index contributed by atoms with van der Waals surface area (Å²) < 4.78 is 0. The van der Waals surface area contributed by atoms with E-state index in [2.05, 4.69) is 5.18 Å². The van der Waals surface area contributed by atoms with Gasteiger partial charge in [-0.1, -0.05) is 26.8 Å². The molecule has 4 heteroatoms. The van der Waals surface area contributed by atoms with Crippen LogP contribution >= 0.6 is 0 Å². The third kappa shape index (κ3) is 3.15. The molecule has 0 atom stereocenters. The van der Waals surface area contributed by atoms with Crippen molar-refractivity contribution in [2.75, 3.05) is 6.54 Å². The second-order valence-corrected chi connectivity index (χ2v) is 4.66. The fraction of sp³-hybridized carbons (Fsp3) is 0.417. The van der Waals surface area contributed by atoms with Crippen molar-refractivity contribution in [2.45, 2.75) is 20.8 Å². The molecule has 0 saturated carbocycles. The van der Waals surface area contributed by atoms with E-state index in [-0.39, 0.29) is 17.7 Å². The minimum absolute atomic E-state index is 0.115. The zero-order valence-electron chi connectivity index (χ0n) is 9.80. The molecule has 0 bridgehead atoms. The number of hydrogen-bond acceptors (Lipinski definition) is 4. The molecule has 1 rings (SSSR count). The van der Waals surface area contributed by atoms with Gasteiger partial charge in [0.2, 0.25) is 0 Å². The maximum atomic E-state index is 11.8. The molecule has 16 heavy (non-hydrogen) atoms. The molecule has 86 valence electrons. The van der Waals surface area contributed by atoms with Crippen LogP contribution in [0.1, 0.15) is 20.8 Å². The standard InChI is InChI=1S/C12H16N2O2/c1-12(2,3)11(15)9-14-7-5-4-6-10(14)8-13-16/h4-8H,9H2,1-3H3. The van der Waals surface area contributed by atoms with Crippen LogP contribution in [0.25, 0.3) is 0 Å². The molecule has 0 radical (unpaired) electrons. The van der Waals surface area contributed by atoms with Gasteiger partial charge in [0.25, 0.3) is 0 Å². The lowest BCUT2D eigenvalue weighted by Crippen LogP contribution is -2.32. The van der Waals surface area contributed by atoms with Gasteiger partial charge in [-0.05, 0) is 17.3 Å². The second kappa shape index (κ2) is 4.88. The van der Waals surface area contributed by atoms with Crippen LogP contribution in [0.4, 0.5) is 0 Å². The lowest BCUT2D eigenvalue weighted by Gasteiger charge is -2.26. The third-order valence-corrected chi connectivity index (χ3v) is 2.31. The molecular weight excluding hydrogens is 204 g/mol. The van der Waals surface area contributed by atoms with Gasteiger partial charge in [0.05, 0.1) is 18.4 Å². The quantitative estimate of drug-likeness (QED) is 0.687. The number of nitroso groups, excluding NO2 is 1. The molecule has 0 amide bonds. The van der Waals surface area contributed by atoms with Crippen molar-refractivity contribution < 1.29 is 4.79 Å². The van der Waals surface area contributed by atoms with Crippen LogP contribution in [-0.2, 0) is 4.79 Å². The van der Waals surface area contributed by atoms with Gasteiger partial charge in [0.1, 0.15) is 0 Å². The molecule has 0 unspecified atom stereocenters.